The van der Waals surface area contributed by atoms with Gasteiger partial charge in [-0.3, -0.25) is 0 Å². The van der Waals surface area contributed by atoms with Crippen LogP contribution in [-0.4, -0.2) is 36.0 Å². The van der Waals surface area contributed by atoms with Crippen LogP contribution in [0.5, 0.6) is 0 Å². The Hall–Kier alpha value is -1.16. The number of nitrogens with one attached hydrogen (secondary N) is 1. The first-order chi connectivity index (χ1) is 7.27. The lowest BCUT2D eigenvalue weighted by atomic mass is 10.1. The molecule has 0 amide bonds. The predicted molar refractivity (Wildman–Crippen MR) is 61.4 cm³/mol. The number of aliphatic hydroxyl groups excluding tert-OH is 2. The molecule has 0 radical (unpaired) electrons. The molecule has 0 aliphatic heterocycles. The summed E-state index contributed by atoms with van der Waals surface area (Å²) in [6, 6.07) is 9.56. The van der Waals surface area contributed by atoms with Gasteiger partial charge in [-0.15, -0.1) is 0 Å². The smallest absolute Gasteiger partial charge is 0.0607 e. The van der Waals surface area contributed by atoms with Gasteiger partial charge in [-0.25, -0.2) is 0 Å². The third kappa shape index (κ3) is 3.83. The van der Waals surface area contributed by atoms with Gasteiger partial charge in [-0.05, 0) is 11.1 Å². The summed E-state index contributed by atoms with van der Waals surface area (Å²) in [5.74, 6) is 0. The van der Waals surface area contributed by atoms with Crippen LogP contribution in [0.4, 0.5) is 0 Å². The van der Waals surface area contributed by atoms with Crippen LogP contribution < -0.4 is 5.32 Å². The Morgan fingerprint density at radius 2 is 1.80 bits per heavy atom. The minimum absolute atomic E-state index is 0.0709. The minimum Gasteiger partial charge on any atom is -0.395 e. The van der Waals surface area contributed by atoms with E-state index in [2.05, 4.69) is 11.9 Å². The lowest BCUT2D eigenvalue weighted by Crippen LogP contribution is -2.36. The normalized spacial score (nSPS) is 10.6. The van der Waals surface area contributed by atoms with E-state index in [0.29, 0.717) is 6.54 Å². The van der Waals surface area contributed by atoms with E-state index in [9.17, 15) is 0 Å². The lowest BCUT2D eigenvalue weighted by Gasteiger charge is -2.14. The van der Waals surface area contributed by atoms with Crippen molar-refractivity contribution in [3.05, 3.63) is 42.5 Å². The topological polar surface area (TPSA) is 52.5 Å². The summed E-state index contributed by atoms with van der Waals surface area (Å²) in [5, 5.41) is 20.7. The first-order valence-electron chi connectivity index (χ1n) is 4.96. The van der Waals surface area contributed by atoms with Gasteiger partial charge in [0, 0.05) is 6.54 Å². The van der Waals surface area contributed by atoms with Crippen LogP contribution >= 0.6 is 0 Å². The first-order valence-corrected chi connectivity index (χ1v) is 4.96. The van der Waals surface area contributed by atoms with Crippen molar-refractivity contribution in [2.75, 3.05) is 19.8 Å². The number of benzene rings is 1. The van der Waals surface area contributed by atoms with Crippen molar-refractivity contribution in [1.29, 1.82) is 0 Å². The van der Waals surface area contributed by atoms with Crippen molar-refractivity contribution in [2.45, 2.75) is 6.04 Å². The zero-order valence-electron chi connectivity index (χ0n) is 8.69. The summed E-state index contributed by atoms with van der Waals surface area (Å²) in [6.45, 7) is 4.36. The van der Waals surface area contributed by atoms with E-state index in [0.717, 1.165) is 11.1 Å². The second kappa shape index (κ2) is 6.35. The van der Waals surface area contributed by atoms with Crippen LogP contribution in [0.1, 0.15) is 5.56 Å². The second-order valence-corrected chi connectivity index (χ2v) is 3.41. The quantitative estimate of drug-likeness (QED) is 0.641. The zero-order valence-corrected chi connectivity index (χ0v) is 8.69. The van der Waals surface area contributed by atoms with Gasteiger partial charge in [0.1, 0.15) is 0 Å². The maximum Gasteiger partial charge on any atom is 0.0607 e. The Kier molecular flexibility index (Phi) is 5.04. The fourth-order valence-corrected chi connectivity index (χ4v) is 1.23. The highest BCUT2D eigenvalue weighted by atomic mass is 16.3. The SMILES string of the molecule is C=C(CNC(CO)CO)c1ccccc1. The molecule has 0 saturated carbocycles. The molecule has 3 heteroatoms. The molecule has 82 valence electrons. The molecule has 0 unspecified atom stereocenters. The monoisotopic (exact) mass is 207 g/mol. The highest BCUT2D eigenvalue weighted by Crippen LogP contribution is 2.09. The van der Waals surface area contributed by atoms with Crippen molar-refractivity contribution in [3.63, 3.8) is 0 Å². The van der Waals surface area contributed by atoms with Crippen LogP contribution in [0.3, 0.4) is 0 Å². The molecular weight excluding hydrogens is 190 g/mol. The van der Waals surface area contributed by atoms with Crippen LogP contribution in [0, 0.1) is 0 Å². The van der Waals surface area contributed by atoms with E-state index in [-0.39, 0.29) is 19.3 Å². The molecule has 15 heavy (non-hydrogen) atoms. The average Bonchev–Trinajstić information content (AvgIpc) is 2.31. The minimum atomic E-state index is -0.273. The molecular formula is C12H17NO2. The Morgan fingerprint density at radius 3 is 2.33 bits per heavy atom. The summed E-state index contributed by atoms with van der Waals surface area (Å²) >= 11 is 0. The van der Waals surface area contributed by atoms with Crippen LogP contribution in [-0.2, 0) is 0 Å². The highest BCUT2D eigenvalue weighted by molar-refractivity contribution is 5.64. The standard InChI is InChI=1S/C12H17NO2/c1-10(7-13-12(8-14)9-15)11-5-3-2-4-6-11/h2-6,12-15H,1,7-9H2. The van der Waals surface area contributed by atoms with Crippen molar-refractivity contribution in [2.24, 2.45) is 0 Å². The van der Waals surface area contributed by atoms with E-state index in [1.54, 1.807) is 0 Å². The van der Waals surface area contributed by atoms with E-state index < -0.39 is 0 Å². The second-order valence-electron chi connectivity index (χ2n) is 3.41. The fraction of sp³-hybridized carbons (Fsp3) is 0.333. The molecule has 0 saturated heterocycles. The largest absolute Gasteiger partial charge is 0.395 e. The molecule has 0 aliphatic carbocycles. The molecule has 1 aromatic rings. The summed E-state index contributed by atoms with van der Waals surface area (Å²) in [4.78, 5) is 0. The molecule has 0 spiro atoms. The third-order valence-electron chi connectivity index (χ3n) is 2.23. The van der Waals surface area contributed by atoms with Gasteiger partial charge < -0.3 is 15.5 Å². The summed E-state index contributed by atoms with van der Waals surface area (Å²) in [5.41, 5.74) is 2.02. The van der Waals surface area contributed by atoms with E-state index in [1.165, 1.54) is 0 Å². The van der Waals surface area contributed by atoms with Crippen LogP contribution in [0.2, 0.25) is 0 Å². The lowest BCUT2D eigenvalue weighted by molar-refractivity contribution is 0.174. The van der Waals surface area contributed by atoms with Crippen LogP contribution in [0.15, 0.2) is 36.9 Å². The van der Waals surface area contributed by atoms with Gasteiger partial charge in [0.25, 0.3) is 0 Å². The van der Waals surface area contributed by atoms with Crippen LogP contribution in [0.25, 0.3) is 5.57 Å². The number of hydrogen-bond acceptors (Lipinski definition) is 3. The van der Waals surface area contributed by atoms with Crippen molar-refractivity contribution < 1.29 is 10.2 Å². The molecule has 0 aromatic heterocycles. The summed E-state index contributed by atoms with van der Waals surface area (Å²) in [6.07, 6.45) is 0. The van der Waals surface area contributed by atoms with E-state index >= 15 is 0 Å². The fourth-order valence-electron chi connectivity index (χ4n) is 1.23. The molecule has 0 aliphatic rings. The molecule has 0 heterocycles. The molecule has 1 aromatic carbocycles. The summed E-state index contributed by atoms with van der Waals surface area (Å²) < 4.78 is 0. The Balaban J connectivity index is 2.43. The summed E-state index contributed by atoms with van der Waals surface area (Å²) in [7, 11) is 0. The highest BCUT2D eigenvalue weighted by Gasteiger charge is 2.05. The van der Waals surface area contributed by atoms with Crippen molar-refractivity contribution >= 4 is 5.57 Å². The molecule has 0 fully saturated rings. The predicted octanol–water partition coefficient (Wildman–Crippen LogP) is 0.643. The number of aliphatic hydroxyl groups is 2. The molecule has 3 N–H and O–H groups in total. The Labute approximate surface area is 90.1 Å². The maximum absolute atomic E-state index is 8.86. The first kappa shape index (κ1) is 11.9. The number of rotatable bonds is 6. The third-order valence-corrected chi connectivity index (χ3v) is 2.23. The van der Waals surface area contributed by atoms with E-state index in [1.807, 2.05) is 30.3 Å². The van der Waals surface area contributed by atoms with Crippen molar-refractivity contribution in [3.8, 4) is 0 Å². The molecule has 0 bridgehead atoms. The van der Waals surface area contributed by atoms with Gasteiger partial charge in [-0.2, -0.15) is 0 Å². The number of hydrogen-bond donors (Lipinski definition) is 3. The van der Waals surface area contributed by atoms with E-state index in [4.69, 9.17) is 10.2 Å². The zero-order chi connectivity index (χ0) is 11.1. The Bertz CT molecular complexity index is 294. The van der Waals surface area contributed by atoms with Gasteiger partial charge in [0.2, 0.25) is 0 Å². The average molecular weight is 207 g/mol. The van der Waals surface area contributed by atoms with Crippen molar-refractivity contribution in [1.82, 2.24) is 5.32 Å². The molecule has 3 nitrogen and oxygen atoms in total. The van der Waals surface area contributed by atoms with Gasteiger partial charge >= 0.3 is 0 Å². The van der Waals surface area contributed by atoms with Gasteiger partial charge in [0.15, 0.2) is 0 Å². The molecule has 0 atom stereocenters. The van der Waals surface area contributed by atoms with Gasteiger partial charge in [-0.1, -0.05) is 36.9 Å². The molecule has 1 rings (SSSR count). The Morgan fingerprint density at radius 1 is 1.20 bits per heavy atom. The maximum atomic E-state index is 8.86. The van der Waals surface area contributed by atoms with Gasteiger partial charge in [0.05, 0.1) is 19.3 Å².